The molecule has 170 valence electrons. The van der Waals surface area contributed by atoms with E-state index in [1.54, 1.807) is 25.2 Å². The van der Waals surface area contributed by atoms with E-state index in [-0.39, 0.29) is 35.7 Å². The average molecular weight is 541 g/mol. The molecule has 0 saturated carbocycles. The van der Waals surface area contributed by atoms with Gasteiger partial charge in [0.15, 0.2) is 5.96 Å². The minimum Gasteiger partial charge on any atom is -0.372 e. The number of para-hydroxylation sites is 1. The van der Waals surface area contributed by atoms with Gasteiger partial charge in [-0.2, -0.15) is 0 Å². The Morgan fingerprint density at radius 3 is 2.61 bits per heavy atom. The zero-order chi connectivity index (χ0) is 21.8. The van der Waals surface area contributed by atoms with E-state index in [0.29, 0.717) is 24.3 Å². The first kappa shape index (κ1) is 26.7. The molecule has 0 unspecified atom stereocenters. The van der Waals surface area contributed by atoms with Crippen molar-refractivity contribution in [3.63, 3.8) is 0 Å². The molecule has 0 aromatic heterocycles. The van der Waals surface area contributed by atoms with Crippen LogP contribution >= 0.6 is 24.0 Å². The number of aliphatic imine (C=N–C) groups is 1. The van der Waals surface area contributed by atoms with Crippen molar-refractivity contribution in [1.82, 2.24) is 16.0 Å². The van der Waals surface area contributed by atoms with Crippen LogP contribution in [-0.2, 0) is 6.42 Å². The Hall–Kier alpha value is -2.36. The molecular formula is C23H33FIN5O. The first-order valence-electron chi connectivity index (χ1n) is 10.3. The maximum absolute atomic E-state index is 13.8. The van der Waals surface area contributed by atoms with Gasteiger partial charge in [-0.15, -0.1) is 24.0 Å². The number of nitrogens with zero attached hydrogens (tertiary/aromatic N) is 2. The van der Waals surface area contributed by atoms with Crippen LogP contribution in [0.4, 0.5) is 10.1 Å². The highest BCUT2D eigenvalue weighted by Gasteiger charge is 2.06. The van der Waals surface area contributed by atoms with Gasteiger partial charge in [0.25, 0.3) is 5.91 Å². The molecule has 0 aliphatic carbocycles. The Bertz CT molecular complexity index is 846. The average Bonchev–Trinajstić information content (AvgIpc) is 2.76. The quantitative estimate of drug-likeness (QED) is 0.187. The van der Waals surface area contributed by atoms with E-state index >= 15 is 0 Å². The number of rotatable bonds is 10. The van der Waals surface area contributed by atoms with Crippen LogP contribution in [0.15, 0.2) is 53.5 Å². The lowest BCUT2D eigenvalue weighted by molar-refractivity contribution is 0.0963. The Kier molecular flexibility index (Phi) is 12.6. The smallest absolute Gasteiger partial charge is 0.251 e. The van der Waals surface area contributed by atoms with Crippen LogP contribution in [0, 0.1) is 5.82 Å². The molecule has 2 aromatic rings. The summed E-state index contributed by atoms with van der Waals surface area (Å²) in [7, 11) is 3.52. The summed E-state index contributed by atoms with van der Waals surface area (Å²) >= 11 is 0. The third-order valence-electron chi connectivity index (χ3n) is 4.65. The molecule has 0 radical (unpaired) electrons. The van der Waals surface area contributed by atoms with Crippen LogP contribution in [0.1, 0.15) is 29.3 Å². The molecule has 31 heavy (non-hydrogen) atoms. The second-order valence-corrected chi connectivity index (χ2v) is 6.94. The molecule has 6 nitrogen and oxygen atoms in total. The third kappa shape index (κ3) is 9.12. The molecular weight excluding hydrogens is 508 g/mol. The molecule has 0 atom stereocenters. The van der Waals surface area contributed by atoms with Crippen LogP contribution in [0.25, 0.3) is 0 Å². The Balaban J connectivity index is 0.00000480. The highest BCUT2D eigenvalue weighted by Crippen LogP contribution is 2.16. The lowest BCUT2D eigenvalue weighted by Crippen LogP contribution is -2.38. The van der Waals surface area contributed by atoms with E-state index < -0.39 is 0 Å². The zero-order valence-electron chi connectivity index (χ0n) is 18.5. The fourth-order valence-electron chi connectivity index (χ4n) is 3.06. The van der Waals surface area contributed by atoms with Crippen LogP contribution in [-0.4, -0.2) is 52.1 Å². The normalized spacial score (nSPS) is 10.8. The molecule has 2 aromatic carbocycles. The summed E-state index contributed by atoms with van der Waals surface area (Å²) in [6.07, 6.45) is 1.60. The first-order chi connectivity index (χ1) is 14.5. The van der Waals surface area contributed by atoms with Crippen LogP contribution in [0.2, 0.25) is 0 Å². The van der Waals surface area contributed by atoms with Gasteiger partial charge in [0.1, 0.15) is 5.82 Å². The zero-order valence-corrected chi connectivity index (χ0v) is 20.8. The maximum atomic E-state index is 13.8. The molecule has 8 heteroatoms. The predicted molar refractivity (Wildman–Crippen MR) is 137 cm³/mol. The van der Waals surface area contributed by atoms with Crippen molar-refractivity contribution in [2.75, 3.05) is 45.2 Å². The summed E-state index contributed by atoms with van der Waals surface area (Å²) in [6, 6.07) is 14.4. The van der Waals surface area contributed by atoms with Gasteiger partial charge in [-0.05, 0) is 49.6 Å². The van der Waals surface area contributed by atoms with Gasteiger partial charge in [0.2, 0.25) is 0 Å². The fraction of sp³-hybridized carbons (Fsp3) is 0.391. The molecule has 0 fully saturated rings. The Morgan fingerprint density at radius 2 is 1.90 bits per heavy atom. The van der Waals surface area contributed by atoms with Crippen molar-refractivity contribution >= 4 is 41.5 Å². The van der Waals surface area contributed by atoms with Gasteiger partial charge in [-0.1, -0.05) is 24.3 Å². The van der Waals surface area contributed by atoms with Gasteiger partial charge in [0.05, 0.1) is 5.69 Å². The number of carbonyl (C=O) groups excluding carboxylic acids is 1. The first-order valence-corrected chi connectivity index (χ1v) is 10.3. The summed E-state index contributed by atoms with van der Waals surface area (Å²) in [4.78, 5) is 18.3. The lowest BCUT2D eigenvalue weighted by Gasteiger charge is -2.19. The fourth-order valence-corrected chi connectivity index (χ4v) is 3.06. The number of benzene rings is 2. The maximum Gasteiger partial charge on any atom is 0.251 e. The van der Waals surface area contributed by atoms with Gasteiger partial charge >= 0.3 is 0 Å². The van der Waals surface area contributed by atoms with E-state index in [2.05, 4.69) is 20.9 Å². The highest BCUT2D eigenvalue weighted by molar-refractivity contribution is 14.0. The minimum atomic E-state index is -0.209. The highest BCUT2D eigenvalue weighted by atomic mass is 127. The Morgan fingerprint density at radius 1 is 1.13 bits per heavy atom. The van der Waals surface area contributed by atoms with Gasteiger partial charge in [-0.3, -0.25) is 9.79 Å². The van der Waals surface area contributed by atoms with E-state index in [4.69, 9.17) is 0 Å². The SMILES string of the molecule is CCNC(=NCCCN(C)c1ccccc1F)NCCc1cccc(C(=O)NC)c1.I. The van der Waals surface area contributed by atoms with E-state index in [0.717, 1.165) is 37.5 Å². The summed E-state index contributed by atoms with van der Waals surface area (Å²) in [5.41, 5.74) is 2.35. The van der Waals surface area contributed by atoms with E-state index in [1.807, 2.05) is 43.1 Å². The van der Waals surface area contributed by atoms with E-state index in [1.165, 1.54) is 6.07 Å². The summed E-state index contributed by atoms with van der Waals surface area (Å²) in [5.74, 6) is 0.465. The summed E-state index contributed by atoms with van der Waals surface area (Å²) in [6.45, 7) is 4.86. The summed E-state index contributed by atoms with van der Waals surface area (Å²) in [5, 5.41) is 9.20. The minimum absolute atomic E-state index is 0. The van der Waals surface area contributed by atoms with Gasteiger partial charge < -0.3 is 20.9 Å². The molecule has 0 bridgehead atoms. The molecule has 3 N–H and O–H groups in total. The molecule has 1 amide bonds. The van der Waals surface area contributed by atoms with Crippen molar-refractivity contribution in [3.8, 4) is 0 Å². The second-order valence-electron chi connectivity index (χ2n) is 6.94. The molecule has 2 rings (SSSR count). The third-order valence-corrected chi connectivity index (χ3v) is 4.65. The van der Waals surface area contributed by atoms with Crippen molar-refractivity contribution in [2.45, 2.75) is 19.8 Å². The van der Waals surface area contributed by atoms with Crippen LogP contribution in [0.3, 0.4) is 0 Å². The van der Waals surface area contributed by atoms with E-state index in [9.17, 15) is 9.18 Å². The number of hydrogen-bond acceptors (Lipinski definition) is 3. The number of nitrogens with one attached hydrogen (secondary N) is 3. The summed E-state index contributed by atoms with van der Waals surface area (Å²) < 4.78 is 13.8. The van der Waals surface area contributed by atoms with Crippen molar-refractivity contribution < 1.29 is 9.18 Å². The van der Waals surface area contributed by atoms with Gasteiger partial charge in [0, 0.05) is 45.8 Å². The Labute approximate surface area is 201 Å². The number of carbonyl (C=O) groups is 1. The van der Waals surface area contributed by atoms with Crippen molar-refractivity contribution in [1.29, 1.82) is 0 Å². The number of hydrogen-bond donors (Lipinski definition) is 3. The predicted octanol–water partition coefficient (Wildman–Crippen LogP) is 3.43. The number of amides is 1. The van der Waals surface area contributed by atoms with Gasteiger partial charge in [-0.25, -0.2) is 4.39 Å². The van der Waals surface area contributed by atoms with Crippen molar-refractivity contribution in [3.05, 3.63) is 65.5 Å². The number of guanidine groups is 1. The standard InChI is InChI=1S/C23H32FN5O.HI/c1-4-26-23(27-14-8-16-29(3)21-12-6-5-11-20(21)24)28-15-13-18-9-7-10-19(17-18)22(30)25-2;/h5-7,9-12,17H,4,8,13-16H2,1-3H3,(H,25,30)(H2,26,27,28);1H. The van der Waals surface area contributed by atoms with Crippen LogP contribution in [0.5, 0.6) is 0 Å². The molecule has 0 spiro atoms. The topological polar surface area (TPSA) is 68.8 Å². The number of halogens is 2. The molecule has 0 saturated heterocycles. The molecule has 0 aliphatic rings. The second kappa shape index (κ2) is 14.6. The number of anilines is 1. The van der Waals surface area contributed by atoms with Crippen molar-refractivity contribution in [2.24, 2.45) is 4.99 Å². The molecule has 0 aliphatic heterocycles. The van der Waals surface area contributed by atoms with Crippen LogP contribution < -0.4 is 20.9 Å². The molecule has 0 heterocycles. The monoisotopic (exact) mass is 541 g/mol. The lowest BCUT2D eigenvalue weighted by atomic mass is 10.1. The largest absolute Gasteiger partial charge is 0.372 e.